The van der Waals surface area contributed by atoms with Crippen molar-refractivity contribution in [3.8, 4) is 0 Å². The molecule has 15 nitrogen and oxygen atoms in total. The zero-order valence-corrected chi connectivity index (χ0v) is 24.8. The third-order valence-corrected chi connectivity index (χ3v) is 7.21. The number of nitrogens with one attached hydrogen (secondary N) is 4. The summed E-state index contributed by atoms with van der Waals surface area (Å²) in [5.74, 6) is -3.70. The second-order valence-electron chi connectivity index (χ2n) is 9.93. The quantitative estimate of drug-likeness (QED) is 0.0506. The minimum absolute atomic E-state index is 0.121. The first-order chi connectivity index (χ1) is 20.4. The van der Waals surface area contributed by atoms with Crippen LogP contribution in [-0.4, -0.2) is 88.4 Å². The van der Waals surface area contributed by atoms with Crippen LogP contribution in [0.25, 0.3) is 10.9 Å². The van der Waals surface area contributed by atoms with E-state index in [0.717, 1.165) is 16.5 Å². The zero-order chi connectivity index (χ0) is 31.9. The van der Waals surface area contributed by atoms with Crippen LogP contribution in [0.1, 0.15) is 37.7 Å². The van der Waals surface area contributed by atoms with Crippen LogP contribution in [0.15, 0.2) is 35.5 Å². The van der Waals surface area contributed by atoms with Crippen molar-refractivity contribution in [2.75, 3.05) is 18.6 Å². The number of carboxylic acids is 1. The Morgan fingerprint density at radius 3 is 2.19 bits per heavy atom. The van der Waals surface area contributed by atoms with Crippen LogP contribution in [0.2, 0.25) is 0 Å². The van der Waals surface area contributed by atoms with Gasteiger partial charge in [-0.2, -0.15) is 11.8 Å². The first-order valence-corrected chi connectivity index (χ1v) is 15.1. The number of benzene rings is 1. The fraction of sp³-hybridized carbons (Fsp3) is 0.481. The molecule has 0 saturated carbocycles. The van der Waals surface area contributed by atoms with E-state index in [-0.39, 0.29) is 44.6 Å². The fourth-order valence-electron chi connectivity index (χ4n) is 4.27. The molecule has 0 bridgehead atoms. The summed E-state index contributed by atoms with van der Waals surface area (Å²) in [5, 5.41) is 18.1. The monoisotopic (exact) mass is 619 g/mol. The Labute approximate surface area is 253 Å². The average Bonchev–Trinajstić information content (AvgIpc) is 3.36. The van der Waals surface area contributed by atoms with Gasteiger partial charge in [0.2, 0.25) is 23.6 Å². The van der Waals surface area contributed by atoms with Gasteiger partial charge in [0.25, 0.3) is 0 Å². The maximum atomic E-state index is 13.4. The highest BCUT2D eigenvalue weighted by atomic mass is 32.2. The summed E-state index contributed by atoms with van der Waals surface area (Å²) in [6.45, 7) is 0.194. The van der Waals surface area contributed by atoms with E-state index in [4.69, 9.17) is 22.9 Å². The van der Waals surface area contributed by atoms with Gasteiger partial charge in [0, 0.05) is 30.1 Å². The molecule has 236 valence electrons. The van der Waals surface area contributed by atoms with Crippen LogP contribution in [0.5, 0.6) is 0 Å². The number of para-hydroxylation sites is 1. The number of aromatic amines is 1. The van der Waals surface area contributed by atoms with Crippen molar-refractivity contribution in [1.29, 1.82) is 0 Å². The van der Waals surface area contributed by atoms with Crippen molar-refractivity contribution >= 4 is 58.2 Å². The smallest absolute Gasteiger partial charge is 0.326 e. The molecule has 0 radical (unpaired) electrons. The molecule has 0 spiro atoms. The number of aromatic nitrogens is 1. The molecule has 0 saturated heterocycles. The molecule has 0 aliphatic heterocycles. The number of carbonyl (C=O) groups excluding carboxylic acids is 4. The van der Waals surface area contributed by atoms with Crippen molar-refractivity contribution in [3.63, 3.8) is 0 Å². The number of H-pyrrole nitrogens is 1. The minimum atomic E-state index is -1.38. The lowest BCUT2D eigenvalue weighted by Crippen LogP contribution is -2.57. The van der Waals surface area contributed by atoms with Gasteiger partial charge >= 0.3 is 5.97 Å². The van der Waals surface area contributed by atoms with Crippen LogP contribution in [-0.2, 0) is 30.4 Å². The number of nitrogens with zero attached hydrogens (tertiary/aromatic N) is 1. The van der Waals surface area contributed by atoms with Gasteiger partial charge in [-0.15, -0.1) is 0 Å². The third kappa shape index (κ3) is 11.8. The molecule has 1 aromatic carbocycles. The van der Waals surface area contributed by atoms with Gasteiger partial charge in [0.15, 0.2) is 5.96 Å². The molecule has 0 fully saturated rings. The normalized spacial score (nSPS) is 13.7. The third-order valence-electron chi connectivity index (χ3n) is 6.57. The summed E-state index contributed by atoms with van der Waals surface area (Å²) in [6.07, 6.45) is 3.96. The summed E-state index contributed by atoms with van der Waals surface area (Å²) in [6, 6.07) is 3.00. The maximum absolute atomic E-state index is 13.4. The molecule has 1 aromatic heterocycles. The van der Waals surface area contributed by atoms with Crippen LogP contribution in [0, 0.1) is 0 Å². The molecular formula is C27H41N9O6S. The number of amides is 4. The van der Waals surface area contributed by atoms with Crippen molar-refractivity contribution < 1.29 is 29.1 Å². The molecule has 4 atom stereocenters. The van der Waals surface area contributed by atoms with E-state index in [1.807, 2.05) is 30.5 Å². The number of hydrogen-bond donors (Lipinski definition) is 9. The Hall–Kier alpha value is -4.31. The van der Waals surface area contributed by atoms with E-state index in [1.54, 1.807) is 6.20 Å². The molecule has 2 rings (SSSR count). The number of carbonyl (C=O) groups is 5. The van der Waals surface area contributed by atoms with Gasteiger partial charge in [-0.05, 0) is 55.7 Å². The van der Waals surface area contributed by atoms with Gasteiger partial charge in [0.05, 0.1) is 6.04 Å². The van der Waals surface area contributed by atoms with Gasteiger partial charge in [0.1, 0.15) is 18.1 Å². The van der Waals surface area contributed by atoms with E-state index >= 15 is 0 Å². The molecule has 16 heteroatoms. The van der Waals surface area contributed by atoms with Crippen LogP contribution >= 0.6 is 11.8 Å². The van der Waals surface area contributed by atoms with Crippen molar-refractivity contribution in [2.24, 2.45) is 27.9 Å². The van der Waals surface area contributed by atoms with Gasteiger partial charge in [-0.3, -0.25) is 24.2 Å². The van der Waals surface area contributed by atoms with Gasteiger partial charge < -0.3 is 49.0 Å². The highest BCUT2D eigenvalue weighted by Crippen LogP contribution is 2.19. The van der Waals surface area contributed by atoms with Crippen molar-refractivity contribution in [1.82, 2.24) is 20.9 Å². The number of rotatable bonds is 19. The van der Waals surface area contributed by atoms with Crippen molar-refractivity contribution in [2.45, 2.75) is 62.7 Å². The number of aliphatic imine (C=N–C) groups is 1. The Balaban J connectivity index is 2.16. The van der Waals surface area contributed by atoms with E-state index in [0.29, 0.717) is 12.2 Å². The summed E-state index contributed by atoms with van der Waals surface area (Å²) >= 11 is 1.42. The minimum Gasteiger partial charge on any atom is -0.480 e. The van der Waals surface area contributed by atoms with E-state index in [1.165, 1.54) is 11.8 Å². The number of nitrogens with two attached hydrogens (primary N) is 4. The van der Waals surface area contributed by atoms with E-state index < -0.39 is 53.8 Å². The number of aliphatic carboxylic acids is 1. The Morgan fingerprint density at radius 1 is 0.930 bits per heavy atom. The molecule has 4 unspecified atom stereocenters. The Kier molecular flexibility index (Phi) is 14.3. The lowest BCUT2D eigenvalue weighted by Gasteiger charge is -2.25. The number of hydrogen-bond acceptors (Lipinski definition) is 8. The number of carboxylic acid groups (broad SMARTS) is 1. The van der Waals surface area contributed by atoms with Crippen LogP contribution in [0.3, 0.4) is 0 Å². The Morgan fingerprint density at radius 2 is 1.56 bits per heavy atom. The van der Waals surface area contributed by atoms with Crippen molar-refractivity contribution in [3.05, 3.63) is 36.0 Å². The number of primary amides is 1. The summed E-state index contributed by atoms with van der Waals surface area (Å²) in [5.41, 5.74) is 23.8. The Bertz CT molecular complexity index is 1300. The predicted octanol–water partition coefficient (Wildman–Crippen LogP) is -1.35. The average molecular weight is 620 g/mol. The molecule has 1 heterocycles. The zero-order valence-electron chi connectivity index (χ0n) is 24.0. The SMILES string of the molecule is CSCCC(NC(=O)C(CCCN=C(N)N)NC(=O)C(N)Cc1c[nH]c2ccccc12)C(=O)NC(CCC(N)=O)C(=O)O. The van der Waals surface area contributed by atoms with E-state index in [9.17, 15) is 29.1 Å². The highest BCUT2D eigenvalue weighted by Gasteiger charge is 2.30. The van der Waals surface area contributed by atoms with Gasteiger partial charge in [-0.25, -0.2) is 4.79 Å². The van der Waals surface area contributed by atoms with Gasteiger partial charge in [-0.1, -0.05) is 18.2 Å². The topological polar surface area (TPSA) is 274 Å². The fourth-order valence-corrected chi connectivity index (χ4v) is 4.75. The number of guanidine groups is 1. The number of fused-ring (bicyclic) bond motifs is 1. The largest absolute Gasteiger partial charge is 0.480 e. The molecule has 2 aromatic rings. The van der Waals surface area contributed by atoms with E-state index in [2.05, 4.69) is 25.9 Å². The lowest BCUT2D eigenvalue weighted by atomic mass is 10.0. The molecular weight excluding hydrogens is 578 g/mol. The predicted molar refractivity (Wildman–Crippen MR) is 165 cm³/mol. The molecule has 4 amide bonds. The molecule has 13 N–H and O–H groups in total. The maximum Gasteiger partial charge on any atom is 0.326 e. The molecule has 0 aliphatic carbocycles. The molecule has 0 aliphatic rings. The van der Waals surface area contributed by atoms with Crippen LogP contribution in [0.4, 0.5) is 0 Å². The lowest BCUT2D eigenvalue weighted by molar-refractivity contribution is -0.142. The first-order valence-electron chi connectivity index (χ1n) is 13.7. The highest BCUT2D eigenvalue weighted by molar-refractivity contribution is 7.98. The first kappa shape index (κ1) is 34.9. The number of thioether (sulfide) groups is 1. The second-order valence-corrected chi connectivity index (χ2v) is 10.9. The summed E-state index contributed by atoms with van der Waals surface area (Å²) < 4.78 is 0. The second kappa shape index (κ2) is 17.6. The summed E-state index contributed by atoms with van der Waals surface area (Å²) in [7, 11) is 0. The summed E-state index contributed by atoms with van der Waals surface area (Å²) in [4.78, 5) is 69.4. The standard InChI is InChI=1S/C27H41N9O6S/c1-43-12-10-20(25(40)36-21(26(41)42)8-9-22(29)37)35-24(39)19(7-4-11-32-27(30)31)34-23(38)17(28)13-15-14-33-18-6-3-2-5-16(15)18/h2-3,5-6,14,17,19-21,33H,4,7-13,28H2,1H3,(H2,29,37)(H,34,38)(H,35,39)(H,36,40)(H,41,42)(H4,30,31,32). The van der Waals surface area contributed by atoms with Crippen LogP contribution < -0.4 is 38.9 Å². The molecule has 43 heavy (non-hydrogen) atoms.